The maximum atomic E-state index is 12.5. The minimum Gasteiger partial charge on any atom is -0.465 e. The van der Waals surface area contributed by atoms with Gasteiger partial charge in [0.2, 0.25) is 0 Å². The Morgan fingerprint density at radius 1 is 0.361 bits per heavy atom. The highest BCUT2D eigenvalue weighted by atomic mass is 16.6. The van der Waals surface area contributed by atoms with Crippen molar-refractivity contribution in [3.8, 4) is 0 Å². The summed E-state index contributed by atoms with van der Waals surface area (Å²) in [6, 6.07) is 0. The van der Waals surface area contributed by atoms with Crippen LogP contribution in [0.15, 0.2) is 12.2 Å². The van der Waals surface area contributed by atoms with Crippen LogP contribution in [0, 0.1) is 11.3 Å². The third-order valence-corrected chi connectivity index (χ3v) is 16.3. The first kappa shape index (κ1) is 68.6. The zero-order chi connectivity index (χ0) is 51.8. The summed E-state index contributed by atoms with van der Waals surface area (Å²) in [5.41, 5.74) is -1.12. The van der Waals surface area contributed by atoms with Crippen molar-refractivity contribution in [3.63, 3.8) is 0 Å². The van der Waals surface area contributed by atoms with E-state index in [4.69, 9.17) is 9.47 Å². The molecule has 426 valence electrons. The van der Waals surface area contributed by atoms with Crippen molar-refractivity contribution in [3.05, 3.63) is 12.2 Å². The second-order valence-electron chi connectivity index (χ2n) is 23.5. The Bertz CT molecular complexity index is 1130. The Labute approximate surface area is 449 Å². The van der Waals surface area contributed by atoms with Gasteiger partial charge < -0.3 is 19.7 Å². The summed E-state index contributed by atoms with van der Waals surface area (Å²) in [6.45, 7) is 1.18. The molecule has 1 saturated heterocycles. The minimum absolute atomic E-state index is 0.00524. The molecule has 72 heavy (non-hydrogen) atoms. The van der Waals surface area contributed by atoms with Crippen LogP contribution in [0.1, 0.15) is 360 Å². The number of allylic oxidation sites excluding steroid dienone is 2. The fourth-order valence-electron chi connectivity index (χ4n) is 10.9. The molecule has 0 bridgehead atoms. The highest BCUT2D eigenvalue weighted by Crippen LogP contribution is 2.25. The highest BCUT2D eigenvalue weighted by Gasteiger charge is 2.36. The molecule has 1 unspecified atom stereocenters. The number of hydrogen-bond donors (Lipinski definition) is 2. The van der Waals surface area contributed by atoms with Crippen LogP contribution >= 0.6 is 0 Å². The molecule has 1 rings (SSSR count). The Kier molecular flexibility index (Phi) is 53.2. The van der Waals surface area contributed by atoms with Gasteiger partial charge >= 0.3 is 11.9 Å². The normalized spacial score (nSPS) is 15.2. The summed E-state index contributed by atoms with van der Waals surface area (Å²) in [5, 5.41) is 19.2. The van der Waals surface area contributed by atoms with E-state index >= 15 is 0 Å². The number of carbonyl (C=O) groups excluding carboxylic acids is 2. The van der Waals surface area contributed by atoms with E-state index in [9.17, 15) is 19.8 Å². The van der Waals surface area contributed by atoms with Crippen molar-refractivity contribution in [1.82, 2.24) is 0 Å². The zero-order valence-electron chi connectivity index (χ0n) is 48.5. The molecular weight excluding hydrogens is 889 g/mol. The number of ether oxygens (including phenoxy) is 2. The molecule has 2 N–H and O–H groups in total. The topological polar surface area (TPSA) is 93.1 Å². The largest absolute Gasteiger partial charge is 0.465 e. The van der Waals surface area contributed by atoms with Crippen LogP contribution in [0.5, 0.6) is 0 Å². The summed E-state index contributed by atoms with van der Waals surface area (Å²) in [4.78, 5) is 24.7. The molecule has 1 fully saturated rings. The van der Waals surface area contributed by atoms with E-state index in [-0.39, 0.29) is 19.6 Å². The van der Waals surface area contributed by atoms with E-state index in [0.29, 0.717) is 6.42 Å². The Balaban J connectivity index is 1.67. The van der Waals surface area contributed by atoms with Crippen molar-refractivity contribution in [1.29, 1.82) is 0 Å². The van der Waals surface area contributed by atoms with Crippen LogP contribution in [0.25, 0.3) is 0 Å². The summed E-state index contributed by atoms with van der Waals surface area (Å²) in [6.07, 6.45) is 80.2. The molecule has 0 aromatic rings. The predicted octanol–water partition coefficient (Wildman–Crippen LogP) is 20.7. The van der Waals surface area contributed by atoms with E-state index in [0.717, 1.165) is 19.3 Å². The van der Waals surface area contributed by atoms with Gasteiger partial charge in [0, 0.05) is 0 Å². The maximum Gasteiger partial charge on any atom is 0.309 e. The van der Waals surface area contributed by atoms with Crippen molar-refractivity contribution in [2.75, 3.05) is 26.4 Å². The molecule has 0 aromatic heterocycles. The van der Waals surface area contributed by atoms with Crippen LogP contribution < -0.4 is 0 Å². The number of rotatable bonds is 57. The third kappa shape index (κ3) is 47.1. The van der Waals surface area contributed by atoms with Crippen molar-refractivity contribution < 1.29 is 29.3 Å². The molecule has 6 nitrogen and oxygen atoms in total. The average Bonchev–Trinajstić information content (AvgIpc) is 3.45. The van der Waals surface area contributed by atoms with Gasteiger partial charge in [-0.3, -0.25) is 9.59 Å². The van der Waals surface area contributed by atoms with Crippen LogP contribution in [0.3, 0.4) is 0 Å². The SMILES string of the molecule is CCCC/C=C/CCCCCCCCCCCCCCCCCCCCCCCCCCCCCCCCCCCCCCCCCCCCCCCCCCCC1CC(=O)OCC(CO)(CO)COC1=O. The van der Waals surface area contributed by atoms with Crippen molar-refractivity contribution in [2.24, 2.45) is 11.3 Å². The smallest absolute Gasteiger partial charge is 0.309 e. The van der Waals surface area contributed by atoms with Gasteiger partial charge in [-0.15, -0.1) is 0 Å². The quantitative estimate of drug-likeness (QED) is 0.0358. The van der Waals surface area contributed by atoms with E-state index in [1.54, 1.807) is 0 Å². The molecule has 0 spiro atoms. The lowest BCUT2D eigenvalue weighted by Crippen LogP contribution is -2.40. The Morgan fingerprint density at radius 2 is 0.597 bits per heavy atom. The molecule has 1 aliphatic rings. The van der Waals surface area contributed by atoms with Crippen LogP contribution in [-0.4, -0.2) is 48.6 Å². The van der Waals surface area contributed by atoms with Crippen LogP contribution in [0.4, 0.5) is 0 Å². The molecule has 1 aliphatic heterocycles. The van der Waals surface area contributed by atoms with Gasteiger partial charge in [-0.2, -0.15) is 0 Å². The van der Waals surface area contributed by atoms with Crippen molar-refractivity contribution in [2.45, 2.75) is 360 Å². The molecule has 0 radical (unpaired) electrons. The first-order valence-corrected chi connectivity index (χ1v) is 32.8. The summed E-state index contributed by atoms with van der Waals surface area (Å²) >= 11 is 0. The first-order chi connectivity index (χ1) is 35.6. The fourth-order valence-corrected chi connectivity index (χ4v) is 10.9. The number of esters is 2. The molecule has 1 atom stereocenters. The standard InChI is InChI=1S/C66H126O6/c1-2-3-4-5-6-7-8-9-10-11-12-13-14-15-16-17-18-19-20-21-22-23-24-25-26-27-28-29-30-31-32-33-34-35-36-37-38-39-40-41-42-43-44-45-46-47-48-49-50-51-52-53-54-55-56-57-63-58-64(69)71-61-66(59-67,60-68)62-72-65(63)70/h5-6,63,67-68H,2-4,7-62H2,1H3/b6-5+. The molecule has 0 aromatic carbocycles. The lowest BCUT2D eigenvalue weighted by molar-refractivity contribution is -0.155. The predicted molar refractivity (Wildman–Crippen MR) is 311 cm³/mol. The lowest BCUT2D eigenvalue weighted by atomic mass is 9.92. The Morgan fingerprint density at radius 3 is 0.861 bits per heavy atom. The molecule has 6 heteroatoms. The first-order valence-electron chi connectivity index (χ1n) is 32.8. The van der Waals surface area contributed by atoms with Crippen LogP contribution in [0.2, 0.25) is 0 Å². The molecule has 0 amide bonds. The lowest BCUT2D eigenvalue weighted by Gasteiger charge is -2.27. The van der Waals surface area contributed by atoms with E-state index in [1.807, 2.05) is 0 Å². The molecule has 0 saturated carbocycles. The van der Waals surface area contributed by atoms with Gasteiger partial charge in [-0.25, -0.2) is 0 Å². The van der Waals surface area contributed by atoms with Crippen molar-refractivity contribution >= 4 is 11.9 Å². The number of unbranched alkanes of at least 4 members (excludes halogenated alkanes) is 51. The number of aliphatic hydroxyl groups excluding tert-OH is 2. The van der Waals surface area contributed by atoms with E-state index in [1.165, 1.54) is 321 Å². The van der Waals surface area contributed by atoms with Gasteiger partial charge in [0.15, 0.2) is 0 Å². The maximum absolute atomic E-state index is 12.5. The zero-order valence-corrected chi connectivity index (χ0v) is 48.5. The van der Waals surface area contributed by atoms with Gasteiger partial charge in [-0.05, 0) is 25.7 Å². The van der Waals surface area contributed by atoms with Gasteiger partial charge in [0.05, 0.1) is 31.0 Å². The monoisotopic (exact) mass is 1010 g/mol. The number of hydrogen-bond acceptors (Lipinski definition) is 6. The van der Waals surface area contributed by atoms with Gasteiger partial charge in [0.1, 0.15) is 13.2 Å². The van der Waals surface area contributed by atoms with Crippen LogP contribution in [-0.2, 0) is 19.1 Å². The average molecular weight is 1020 g/mol. The summed E-state index contributed by atoms with van der Waals surface area (Å²) < 4.78 is 10.6. The van der Waals surface area contributed by atoms with E-state index < -0.39 is 36.5 Å². The summed E-state index contributed by atoms with van der Waals surface area (Å²) in [7, 11) is 0. The third-order valence-electron chi connectivity index (χ3n) is 16.3. The number of cyclic esters (lactones) is 2. The number of aliphatic hydroxyl groups is 2. The Hall–Kier alpha value is -1.40. The van der Waals surface area contributed by atoms with Gasteiger partial charge in [-0.1, -0.05) is 340 Å². The minimum atomic E-state index is -1.12. The number of carbonyl (C=O) groups is 2. The van der Waals surface area contributed by atoms with E-state index in [2.05, 4.69) is 19.1 Å². The second kappa shape index (κ2) is 55.8. The molecule has 0 aliphatic carbocycles. The molecule has 1 heterocycles. The summed E-state index contributed by atoms with van der Waals surface area (Å²) in [5.74, 6) is -1.40. The fraction of sp³-hybridized carbons (Fsp3) is 0.939. The molecular formula is C66H126O6. The van der Waals surface area contributed by atoms with Gasteiger partial charge in [0.25, 0.3) is 0 Å². The highest BCUT2D eigenvalue weighted by molar-refractivity contribution is 5.80. The second-order valence-corrected chi connectivity index (χ2v) is 23.5.